The average Bonchev–Trinajstić information content (AvgIpc) is 2.40. The molecule has 1 aliphatic heterocycles. The number of hydrogen-bond acceptors (Lipinski definition) is 4. The zero-order valence-corrected chi connectivity index (χ0v) is 13.8. The first-order chi connectivity index (χ1) is 9.45. The van der Waals surface area contributed by atoms with Crippen molar-refractivity contribution in [1.29, 1.82) is 0 Å². The molecule has 2 atom stereocenters. The van der Waals surface area contributed by atoms with Crippen molar-refractivity contribution >= 4 is 25.8 Å². The maximum Gasteiger partial charge on any atom is 0.156 e. The van der Waals surface area contributed by atoms with Gasteiger partial charge in [-0.1, -0.05) is 12.5 Å². The molecule has 0 amide bonds. The van der Waals surface area contributed by atoms with Gasteiger partial charge in [-0.3, -0.25) is 0 Å². The molecule has 0 saturated carbocycles. The van der Waals surface area contributed by atoms with Gasteiger partial charge < -0.3 is 9.84 Å². The van der Waals surface area contributed by atoms with E-state index in [9.17, 15) is 13.5 Å². The van der Waals surface area contributed by atoms with Crippen molar-refractivity contribution in [2.75, 3.05) is 12.4 Å². The van der Waals surface area contributed by atoms with Gasteiger partial charge in [0, 0.05) is 0 Å². The number of halogens is 1. The van der Waals surface area contributed by atoms with Crippen molar-refractivity contribution in [1.82, 2.24) is 0 Å². The Hall–Kier alpha value is -0.590. The number of rotatable bonds is 4. The van der Waals surface area contributed by atoms with Crippen LogP contribution in [0.15, 0.2) is 22.7 Å². The highest BCUT2D eigenvalue weighted by atomic mass is 79.9. The maximum absolute atomic E-state index is 12.1. The summed E-state index contributed by atoms with van der Waals surface area (Å²) >= 11 is 3.38. The first kappa shape index (κ1) is 15.8. The molecule has 0 radical (unpaired) electrons. The van der Waals surface area contributed by atoms with E-state index in [-0.39, 0.29) is 5.75 Å². The van der Waals surface area contributed by atoms with Crippen molar-refractivity contribution in [2.45, 2.75) is 37.5 Å². The van der Waals surface area contributed by atoms with Gasteiger partial charge >= 0.3 is 0 Å². The van der Waals surface area contributed by atoms with Crippen LogP contribution in [-0.2, 0) is 9.84 Å². The monoisotopic (exact) mass is 362 g/mol. The third-order valence-corrected chi connectivity index (χ3v) is 6.47. The van der Waals surface area contributed by atoms with Gasteiger partial charge in [0.15, 0.2) is 9.84 Å². The van der Waals surface area contributed by atoms with Crippen LogP contribution in [0.1, 0.15) is 37.9 Å². The van der Waals surface area contributed by atoms with E-state index in [1.165, 1.54) is 0 Å². The molecule has 0 aromatic heterocycles. The van der Waals surface area contributed by atoms with Crippen LogP contribution < -0.4 is 4.74 Å². The van der Waals surface area contributed by atoms with Crippen molar-refractivity contribution in [3.63, 3.8) is 0 Å². The van der Waals surface area contributed by atoms with Gasteiger partial charge in [0.25, 0.3) is 0 Å². The molecule has 2 unspecified atom stereocenters. The highest BCUT2D eigenvalue weighted by molar-refractivity contribution is 9.10. The third kappa shape index (κ3) is 3.35. The number of benzene rings is 1. The van der Waals surface area contributed by atoms with Crippen LogP contribution in [0.5, 0.6) is 5.75 Å². The lowest BCUT2D eigenvalue weighted by Gasteiger charge is -2.27. The SMILES string of the molecule is CCOc1ccc(C(O)C2CCCCS2(=O)=O)cc1Br. The van der Waals surface area contributed by atoms with Crippen LogP contribution in [0.4, 0.5) is 0 Å². The summed E-state index contributed by atoms with van der Waals surface area (Å²) < 4.78 is 30.2. The first-order valence-electron chi connectivity index (χ1n) is 6.77. The molecule has 0 bridgehead atoms. The summed E-state index contributed by atoms with van der Waals surface area (Å²) in [6.07, 6.45) is 1.08. The molecule has 1 fully saturated rings. The summed E-state index contributed by atoms with van der Waals surface area (Å²) in [6.45, 7) is 2.45. The number of hydrogen-bond donors (Lipinski definition) is 1. The average molecular weight is 363 g/mol. The van der Waals surface area contributed by atoms with Crippen molar-refractivity contribution in [3.8, 4) is 5.75 Å². The lowest BCUT2D eigenvalue weighted by Crippen LogP contribution is -2.33. The minimum absolute atomic E-state index is 0.174. The Bertz CT molecular complexity index is 571. The van der Waals surface area contributed by atoms with Crippen molar-refractivity contribution in [2.24, 2.45) is 0 Å². The van der Waals surface area contributed by atoms with Gasteiger partial charge in [0.1, 0.15) is 5.75 Å². The summed E-state index contributed by atoms with van der Waals surface area (Å²) in [5.41, 5.74) is 0.607. The van der Waals surface area contributed by atoms with E-state index in [1.807, 2.05) is 6.92 Å². The minimum atomic E-state index is -3.20. The second-order valence-corrected chi connectivity index (χ2v) is 8.16. The smallest absolute Gasteiger partial charge is 0.156 e. The van der Waals surface area contributed by atoms with E-state index >= 15 is 0 Å². The number of aliphatic hydroxyl groups excluding tert-OH is 1. The maximum atomic E-state index is 12.1. The van der Waals surface area contributed by atoms with Crippen LogP contribution in [0, 0.1) is 0 Å². The van der Waals surface area contributed by atoms with E-state index in [0.29, 0.717) is 30.8 Å². The van der Waals surface area contributed by atoms with E-state index in [2.05, 4.69) is 15.9 Å². The van der Waals surface area contributed by atoms with Gasteiger partial charge in [-0.05, 0) is 53.4 Å². The Morgan fingerprint density at radius 1 is 1.45 bits per heavy atom. The van der Waals surface area contributed by atoms with Crippen LogP contribution in [0.2, 0.25) is 0 Å². The predicted octanol–water partition coefficient (Wildman–Crippen LogP) is 2.85. The van der Waals surface area contributed by atoms with Gasteiger partial charge in [-0.2, -0.15) is 0 Å². The predicted molar refractivity (Wildman–Crippen MR) is 81.7 cm³/mol. The van der Waals surface area contributed by atoms with Crippen LogP contribution in [0.3, 0.4) is 0 Å². The highest BCUT2D eigenvalue weighted by Gasteiger charge is 2.35. The third-order valence-electron chi connectivity index (χ3n) is 3.58. The van der Waals surface area contributed by atoms with Crippen LogP contribution in [-0.4, -0.2) is 31.1 Å². The second-order valence-electron chi connectivity index (χ2n) is 4.97. The summed E-state index contributed by atoms with van der Waals surface area (Å²) in [5, 5.41) is 9.69. The molecule has 0 aliphatic carbocycles. The molecule has 2 rings (SSSR count). The standard InChI is InChI=1S/C14H19BrO4S/c1-2-19-12-7-6-10(9-11(12)15)14(16)13-5-3-4-8-20(13,17)18/h6-7,9,13-14,16H,2-5,8H2,1H3. The lowest BCUT2D eigenvalue weighted by atomic mass is 10.0. The van der Waals surface area contributed by atoms with Crippen LogP contribution >= 0.6 is 15.9 Å². The Morgan fingerprint density at radius 3 is 2.80 bits per heavy atom. The highest BCUT2D eigenvalue weighted by Crippen LogP contribution is 2.34. The Balaban J connectivity index is 2.24. The molecule has 1 aromatic rings. The molecule has 1 aliphatic rings. The molecule has 6 heteroatoms. The zero-order chi connectivity index (χ0) is 14.8. The van der Waals surface area contributed by atoms with Crippen molar-refractivity contribution < 1.29 is 18.3 Å². The minimum Gasteiger partial charge on any atom is -0.493 e. The van der Waals surface area contributed by atoms with Gasteiger partial charge in [-0.25, -0.2) is 8.42 Å². The molecule has 20 heavy (non-hydrogen) atoms. The molecule has 0 spiro atoms. The zero-order valence-electron chi connectivity index (χ0n) is 11.4. The summed E-state index contributed by atoms with van der Waals surface area (Å²) in [4.78, 5) is 0. The summed E-state index contributed by atoms with van der Waals surface area (Å²) in [5.74, 6) is 0.863. The molecular weight excluding hydrogens is 344 g/mol. The Kier molecular flexibility index (Phi) is 5.09. The summed E-state index contributed by atoms with van der Waals surface area (Å²) in [6, 6.07) is 5.21. The fourth-order valence-corrected chi connectivity index (χ4v) is 5.02. The molecular formula is C14H19BrO4S. The number of ether oxygens (including phenoxy) is 1. The fourth-order valence-electron chi connectivity index (χ4n) is 2.52. The van der Waals surface area contributed by atoms with E-state index in [0.717, 1.165) is 10.9 Å². The molecule has 1 N–H and O–H groups in total. The van der Waals surface area contributed by atoms with E-state index in [1.54, 1.807) is 18.2 Å². The quantitative estimate of drug-likeness (QED) is 0.894. The van der Waals surface area contributed by atoms with E-state index < -0.39 is 21.2 Å². The Labute approximate surface area is 128 Å². The second kappa shape index (κ2) is 6.45. The van der Waals surface area contributed by atoms with Gasteiger partial charge in [0.05, 0.1) is 28.2 Å². The molecule has 1 heterocycles. The normalized spacial score (nSPS) is 23.2. The fraction of sp³-hybridized carbons (Fsp3) is 0.571. The molecule has 1 saturated heterocycles. The molecule has 4 nitrogen and oxygen atoms in total. The van der Waals surface area contributed by atoms with Crippen LogP contribution in [0.25, 0.3) is 0 Å². The number of aliphatic hydroxyl groups is 1. The lowest BCUT2D eigenvalue weighted by molar-refractivity contribution is 0.164. The Morgan fingerprint density at radius 2 is 2.20 bits per heavy atom. The van der Waals surface area contributed by atoms with E-state index in [4.69, 9.17) is 4.74 Å². The molecule has 1 aromatic carbocycles. The van der Waals surface area contributed by atoms with Crippen molar-refractivity contribution in [3.05, 3.63) is 28.2 Å². The number of sulfone groups is 1. The summed E-state index contributed by atoms with van der Waals surface area (Å²) in [7, 11) is -3.20. The van der Waals surface area contributed by atoms with Gasteiger partial charge in [0.2, 0.25) is 0 Å². The topological polar surface area (TPSA) is 63.6 Å². The first-order valence-corrected chi connectivity index (χ1v) is 9.28. The largest absolute Gasteiger partial charge is 0.493 e. The molecule has 112 valence electrons. The van der Waals surface area contributed by atoms with Gasteiger partial charge in [-0.15, -0.1) is 0 Å².